The highest BCUT2D eigenvalue weighted by atomic mass is 15.1. The number of nitrogens with one attached hydrogen (secondary N) is 1. The van der Waals surface area contributed by atoms with E-state index in [1.807, 2.05) is 0 Å². The number of aromatic amines is 1. The summed E-state index contributed by atoms with van der Waals surface area (Å²) >= 11 is 0. The molecule has 0 fully saturated rings. The second-order valence-corrected chi connectivity index (χ2v) is 14.7. The Labute approximate surface area is 278 Å². The second kappa shape index (κ2) is 32.2. The zero-order valence-electron chi connectivity index (χ0n) is 31.1. The molecule has 0 amide bonds. The Balaban J connectivity index is 2.09. The summed E-state index contributed by atoms with van der Waals surface area (Å²) in [4.78, 5) is 3.69. The van der Waals surface area contributed by atoms with Crippen LogP contribution in [0.5, 0.6) is 0 Å². The molecule has 1 aromatic rings. The molecule has 260 valence electrons. The maximum Gasteiger partial charge on any atom is 0.257 e. The highest BCUT2D eigenvalue weighted by Gasteiger charge is 2.24. The van der Waals surface area contributed by atoms with Crippen LogP contribution in [0.15, 0.2) is 12.4 Å². The van der Waals surface area contributed by atoms with Gasteiger partial charge in [0.2, 0.25) is 0 Å². The van der Waals surface area contributed by atoms with Crippen molar-refractivity contribution in [2.45, 2.75) is 252 Å². The fraction of sp³-hybridized carbons (Fsp3) is 0.929. The first-order chi connectivity index (χ1) is 21.7. The highest BCUT2D eigenvalue weighted by molar-refractivity contribution is 4.90. The highest BCUT2D eigenvalue weighted by Crippen LogP contribution is 2.26. The van der Waals surface area contributed by atoms with Crippen LogP contribution in [0.2, 0.25) is 0 Å². The van der Waals surface area contributed by atoms with Gasteiger partial charge >= 0.3 is 0 Å². The number of rotatable bonds is 35. The number of nitrogens with zero attached hydrogens (tertiary/aromatic N) is 1. The lowest BCUT2D eigenvalue weighted by atomic mass is 9.94. The topological polar surface area (TPSA) is 19.7 Å². The predicted molar refractivity (Wildman–Crippen MR) is 198 cm³/mol. The molecule has 1 aromatic heterocycles. The van der Waals surface area contributed by atoms with E-state index < -0.39 is 0 Å². The van der Waals surface area contributed by atoms with Gasteiger partial charge in [0.1, 0.15) is 12.4 Å². The van der Waals surface area contributed by atoms with Crippen molar-refractivity contribution < 1.29 is 4.57 Å². The maximum absolute atomic E-state index is 3.69. The van der Waals surface area contributed by atoms with Crippen molar-refractivity contribution in [3.63, 3.8) is 0 Å². The molecule has 2 atom stereocenters. The number of unbranched alkanes of at least 4 members (excludes halogenated alkanes) is 27. The summed E-state index contributed by atoms with van der Waals surface area (Å²) in [5.74, 6) is 2.21. The Kier molecular flexibility index (Phi) is 30.1. The number of imidazole rings is 1. The summed E-state index contributed by atoms with van der Waals surface area (Å²) < 4.78 is 2.60. The molecule has 1 rings (SSSR count). The first-order valence-electron chi connectivity index (χ1n) is 20.8. The molecule has 0 saturated heterocycles. The average molecular weight is 616 g/mol. The van der Waals surface area contributed by atoms with E-state index in [2.05, 4.69) is 49.6 Å². The minimum Gasteiger partial charge on any atom is -0.247 e. The van der Waals surface area contributed by atoms with E-state index in [9.17, 15) is 0 Å². The zero-order chi connectivity index (χ0) is 31.8. The summed E-state index contributed by atoms with van der Waals surface area (Å²) in [6, 6.07) is 0.620. The molecule has 0 bridgehead atoms. The third-order valence-corrected chi connectivity index (χ3v) is 10.4. The maximum atomic E-state index is 3.69. The minimum atomic E-state index is 0.620. The van der Waals surface area contributed by atoms with E-state index in [4.69, 9.17) is 0 Å². The van der Waals surface area contributed by atoms with Crippen molar-refractivity contribution in [1.29, 1.82) is 0 Å². The number of H-pyrrole nitrogens is 1. The van der Waals surface area contributed by atoms with Gasteiger partial charge in [0.15, 0.2) is 0 Å². The van der Waals surface area contributed by atoms with Gasteiger partial charge in [-0.15, -0.1) is 0 Å². The molecule has 0 aliphatic carbocycles. The zero-order valence-corrected chi connectivity index (χ0v) is 31.1. The van der Waals surface area contributed by atoms with Gasteiger partial charge in [-0.1, -0.05) is 207 Å². The van der Waals surface area contributed by atoms with E-state index in [0.29, 0.717) is 12.0 Å². The largest absolute Gasteiger partial charge is 0.257 e. The second-order valence-electron chi connectivity index (χ2n) is 14.7. The van der Waals surface area contributed by atoms with Crippen LogP contribution in [0.1, 0.15) is 257 Å². The molecule has 1 N–H and O–H groups in total. The Morgan fingerprint density at radius 3 is 1.14 bits per heavy atom. The molecule has 0 aliphatic rings. The van der Waals surface area contributed by atoms with Gasteiger partial charge in [0, 0.05) is 0 Å². The number of hydrogen-bond acceptors (Lipinski definition) is 0. The van der Waals surface area contributed by atoms with Crippen LogP contribution in [0, 0.1) is 0 Å². The van der Waals surface area contributed by atoms with Crippen molar-refractivity contribution in [2.24, 2.45) is 0 Å². The van der Waals surface area contributed by atoms with E-state index in [1.165, 1.54) is 218 Å². The molecular formula is C42H83N2+. The van der Waals surface area contributed by atoms with Gasteiger partial charge in [-0.05, 0) is 32.6 Å². The third-order valence-electron chi connectivity index (χ3n) is 10.4. The molecular weight excluding hydrogens is 532 g/mol. The van der Waals surface area contributed by atoms with Crippen molar-refractivity contribution >= 4 is 0 Å². The average Bonchev–Trinajstić information content (AvgIpc) is 3.52. The van der Waals surface area contributed by atoms with Gasteiger partial charge in [0.25, 0.3) is 5.82 Å². The lowest BCUT2D eigenvalue weighted by molar-refractivity contribution is -0.727. The summed E-state index contributed by atoms with van der Waals surface area (Å²) in [6.07, 6.45) is 51.8. The molecule has 0 aliphatic heterocycles. The molecule has 0 saturated carbocycles. The van der Waals surface area contributed by atoms with Crippen molar-refractivity contribution in [3.8, 4) is 0 Å². The van der Waals surface area contributed by atoms with Crippen LogP contribution in [-0.2, 0) is 0 Å². The first kappa shape index (κ1) is 41.2. The van der Waals surface area contributed by atoms with E-state index in [-0.39, 0.29) is 0 Å². The lowest BCUT2D eigenvalue weighted by Crippen LogP contribution is -2.41. The Hall–Kier alpha value is -0.790. The van der Waals surface area contributed by atoms with Gasteiger partial charge < -0.3 is 0 Å². The van der Waals surface area contributed by atoms with Crippen LogP contribution in [0.25, 0.3) is 0 Å². The first-order valence-corrected chi connectivity index (χ1v) is 20.8. The van der Waals surface area contributed by atoms with Gasteiger partial charge in [-0.3, -0.25) is 0 Å². The van der Waals surface area contributed by atoms with Gasteiger partial charge in [-0.25, -0.2) is 9.55 Å². The fourth-order valence-electron chi connectivity index (χ4n) is 7.37. The lowest BCUT2D eigenvalue weighted by Gasteiger charge is -2.16. The Morgan fingerprint density at radius 1 is 0.432 bits per heavy atom. The Bertz CT molecular complexity index is 679. The van der Waals surface area contributed by atoms with Crippen molar-refractivity contribution in [1.82, 2.24) is 4.98 Å². The molecule has 0 radical (unpaired) electrons. The fourth-order valence-corrected chi connectivity index (χ4v) is 7.37. The quantitative estimate of drug-likeness (QED) is 0.0579. The minimum absolute atomic E-state index is 0.620. The monoisotopic (exact) mass is 616 g/mol. The standard InChI is InChI=1S/C42H82N2/c1-5-8-10-12-14-16-18-20-21-22-24-26-28-30-32-34-37-41(35-7-3)42-43-38-39-44(42)40(4)36-33-31-29-27-25-23-19-17-15-13-11-9-6-2/h38-41H,5-37H2,1-4H3/p+1. The van der Waals surface area contributed by atoms with Crippen LogP contribution in [-0.4, -0.2) is 4.98 Å². The van der Waals surface area contributed by atoms with Crippen LogP contribution in [0.3, 0.4) is 0 Å². The molecule has 2 heteroatoms. The van der Waals surface area contributed by atoms with Gasteiger partial charge in [-0.2, -0.15) is 0 Å². The molecule has 0 aromatic carbocycles. The van der Waals surface area contributed by atoms with Gasteiger partial charge in [0.05, 0.1) is 12.0 Å². The van der Waals surface area contributed by atoms with Crippen LogP contribution in [0.4, 0.5) is 0 Å². The van der Waals surface area contributed by atoms with E-state index >= 15 is 0 Å². The van der Waals surface area contributed by atoms with E-state index in [1.54, 1.807) is 0 Å². The molecule has 44 heavy (non-hydrogen) atoms. The molecule has 0 spiro atoms. The summed E-state index contributed by atoms with van der Waals surface area (Å²) in [7, 11) is 0. The summed E-state index contributed by atoms with van der Waals surface area (Å²) in [6.45, 7) is 9.44. The molecule has 2 unspecified atom stereocenters. The summed E-state index contributed by atoms with van der Waals surface area (Å²) in [5, 5.41) is 0. The van der Waals surface area contributed by atoms with Crippen molar-refractivity contribution in [3.05, 3.63) is 18.2 Å². The SMILES string of the molecule is CCCCCCCCCCCCCCCCCCC(CCC)c1[nH]cc[n+]1C(C)CCCCCCCCCCCCCCC. The van der Waals surface area contributed by atoms with Crippen LogP contribution < -0.4 is 4.57 Å². The van der Waals surface area contributed by atoms with Crippen molar-refractivity contribution in [2.75, 3.05) is 0 Å². The summed E-state index contributed by atoms with van der Waals surface area (Å²) in [5.41, 5.74) is 0. The predicted octanol–water partition coefficient (Wildman–Crippen LogP) is 14.9. The van der Waals surface area contributed by atoms with E-state index in [0.717, 1.165) is 0 Å². The molecule has 2 nitrogen and oxygen atoms in total. The third kappa shape index (κ3) is 23.5. The molecule has 1 heterocycles. The smallest absolute Gasteiger partial charge is 0.247 e. The Morgan fingerprint density at radius 2 is 0.773 bits per heavy atom. The number of aromatic nitrogens is 2. The number of hydrogen-bond donors (Lipinski definition) is 1. The normalized spacial score (nSPS) is 13.1. The van der Waals surface area contributed by atoms with Crippen LogP contribution >= 0.6 is 0 Å².